The van der Waals surface area contributed by atoms with Gasteiger partial charge in [0, 0.05) is 17.1 Å². The van der Waals surface area contributed by atoms with Crippen LogP contribution in [0.5, 0.6) is 11.6 Å². The summed E-state index contributed by atoms with van der Waals surface area (Å²) in [5, 5.41) is 3.68. The van der Waals surface area contributed by atoms with Crippen molar-refractivity contribution in [2.45, 2.75) is 6.92 Å². The lowest BCUT2D eigenvalue weighted by Gasteiger charge is -2.08. The standard InChI is InChI=1S/C13H12BrClN2O/c1-2-16-12-4-3-5-13(17-12)18-11-8-9(14)6-7-10(11)15/h3-8H,2H2,1H3,(H,16,17). The molecule has 0 atom stereocenters. The number of nitrogens with one attached hydrogen (secondary N) is 1. The summed E-state index contributed by atoms with van der Waals surface area (Å²) in [6.07, 6.45) is 0. The van der Waals surface area contributed by atoms with E-state index in [1.54, 1.807) is 12.1 Å². The summed E-state index contributed by atoms with van der Waals surface area (Å²) in [6.45, 7) is 2.83. The summed E-state index contributed by atoms with van der Waals surface area (Å²) < 4.78 is 6.57. The van der Waals surface area contributed by atoms with Crippen LogP contribution < -0.4 is 10.1 Å². The van der Waals surface area contributed by atoms with Gasteiger partial charge in [-0.05, 0) is 31.2 Å². The monoisotopic (exact) mass is 326 g/mol. The van der Waals surface area contributed by atoms with Gasteiger partial charge in [-0.3, -0.25) is 0 Å². The fourth-order valence-electron chi connectivity index (χ4n) is 1.42. The highest BCUT2D eigenvalue weighted by Crippen LogP contribution is 2.31. The molecule has 0 aliphatic rings. The van der Waals surface area contributed by atoms with Gasteiger partial charge < -0.3 is 10.1 Å². The lowest BCUT2D eigenvalue weighted by Crippen LogP contribution is -1.99. The first kappa shape index (κ1) is 13.2. The molecular weight excluding hydrogens is 316 g/mol. The van der Waals surface area contributed by atoms with Crippen molar-refractivity contribution in [3.8, 4) is 11.6 Å². The molecule has 0 radical (unpaired) electrons. The first-order valence-corrected chi connectivity index (χ1v) is 6.70. The van der Waals surface area contributed by atoms with Gasteiger partial charge in [0.05, 0.1) is 5.02 Å². The Labute approximate surface area is 119 Å². The molecule has 94 valence electrons. The van der Waals surface area contributed by atoms with Crippen molar-refractivity contribution >= 4 is 33.3 Å². The first-order chi connectivity index (χ1) is 8.69. The van der Waals surface area contributed by atoms with Crippen molar-refractivity contribution < 1.29 is 4.74 Å². The van der Waals surface area contributed by atoms with Gasteiger partial charge in [-0.15, -0.1) is 0 Å². The molecule has 0 spiro atoms. The zero-order valence-electron chi connectivity index (χ0n) is 9.78. The van der Waals surface area contributed by atoms with Crippen LogP contribution in [-0.2, 0) is 0 Å². The maximum atomic E-state index is 6.06. The highest BCUT2D eigenvalue weighted by atomic mass is 79.9. The van der Waals surface area contributed by atoms with E-state index in [0.717, 1.165) is 16.8 Å². The zero-order chi connectivity index (χ0) is 13.0. The minimum absolute atomic E-state index is 0.508. The van der Waals surface area contributed by atoms with Crippen molar-refractivity contribution in [3.05, 3.63) is 45.9 Å². The highest BCUT2D eigenvalue weighted by molar-refractivity contribution is 9.10. The Balaban J connectivity index is 2.22. The predicted molar refractivity (Wildman–Crippen MR) is 77.6 cm³/mol. The lowest BCUT2D eigenvalue weighted by atomic mass is 10.3. The number of benzene rings is 1. The second-order valence-corrected chi connectivity index (χ2v) is 4.89. The van der Waals surface area contributed by atoms with Crippen LogP contribution in [0.4, 0.5) is 5.82 Å². The minimum Gasteiger partial charge on any atom is -0.437 e. The second-order valence-electron chi connectivity index (χ2n) is 3.57. The van der Waals surface area contributed by atoms with Crippen LogP contribution in [0.2, 0.25) is 5.02 Å². The molecule has 0 aliphatic carbocycles. The quantitative estimate of drug-likeness (QED) is 0.882. The van der Waals surface area contributed by atoms with Crippen molar-refractivity contribution in [1.29, 1.82) is 0 Å². The molecule has 1 N–H and O–H groups in total. The molecule has 2 aromatic rings. The molecule has 0 bridgehead atoms. The Morgan fingerprint density at radius 2 is 2.17 bits per heavy atom. The van der Waals surface area contributed by atoms with E-state index in [-0.39, 0.29) is 0 Å². The highest BCUT2D eigenvalue weighted by Gasteiger charge is 2.05. The normalized spacial score (nSPS) is 10.2. The molecule has 0 fully saturated rings. The van der Waals surface area contributed by atoms with Gasteiger partial charge in [-0.1, -0.05) is 33.6 Å². The number of hydrogen-bond acceptors (Lipinski definition) is 3. The summed E-state index contributed by atoms with van der Waals surface area (Å²) in [6, 6.07) is 11.0. The van der Waals surface area contributed by atoms with Crippen molar-refractivity contribution in [3.63, 3.8) is 0 Å². The number of ether oxygens (including phenoxy) is 1. The van der Waals surface area contributed by atoms with E-state index < -0.39 is 0 Å². The summed E-state index contributed by atoms with van der Waals surface area (Å²) in [5.41, 5.74) is 0. The average molecular weight is 328 g/mol. The summed E-state index contributed by atoms with van der Waals surface area (Å²) in [5.74, 6) is 1.86. The number of halogens is 2. The third-order valence-corrected chi connectivity index (χ3v) is 2.99. The van der Waals surface area contributed by atoms with Crippen LogP contribution in [-0.4, -0.2) is 11.5 Å². The second kappa shape index (κ2) is 6.07. The van der Waals surface area contributed by atoms with Gasteiger partial charge >= 0.3 is 0 Å². The van der Waals surface area contributed by atoms with Crippen LogP contribution in [0.1, 0.15) is 6.92 Å². The molecule has 0 unspecified atom stereocenters. The smallest absolute Gasteiger partial charge is 0.221 e. The van der Waals surface area contributed by atoms with E-state index >= 15 is 0 Å². The maximum Gasteiger partial charge on any atom is 0.221 e. The lowest BCUT2D eigenvalue weighted by molar-refractivity contribution is 0.463. The molecule has 0 amide bonds. The maximum absolute atomic E-state index is 6.06. The largest absolute Gasteiger partial charge is 0.437 e. The van der Waals surface area contributed by atoms with E-state index in [9.17, 15) is 0 Å². The van der Waals surface area contributed by atoms with Gasteiger partial charge in [-0.2, -0.15) is 4.98 Å². The van der Waals surface area contributed by atoms with Gasteiger partial charge in [0.2, 0.25) is 5.88 Å². The molecule has 1 aromatic heterocycles. The third kappa shape index (κ3) is 3.37. The van der Waals surface area contributed by atoms with Gasteiger partial charge in [0.15, 0.2) is 0 Å². The number of pyridine rings is 1. The van der Waals surface area contributed by atoms with Gasteiger partial charge in [0.25, 0.3) is 0 Å². The van der Waals surface area contributed by atoms with E-state index in [1.807, 2.05) is 31.2 Å². The fraction of sp³-hybridized carbons (Fsp3) is 0.154. The van der Waals surface area contributed by atoms with Crippen molar-refractivity contribution in [2.75, 3.05) is 11.9 Å². The predicted octanol–water partition coefficient (Wildman–Crippen LogP) is 4.72. The molecular formula is C13H12BrClN2O. The average Bonchev–Trinajstić information content (AvgIpc) is 2.35. The van der Waals surface area contributed by atoms with Crippen LogP contribution in [0.25, 0.3) is 0 Å². The Morgan fingerprint density at radius 3 is 2.94 bits per heavy atom. The fourth-order valence-corrected chi connectivity index (χ4v) is 1.92. The van der Waals surface area contributed by atoms with E-state index in [2.05, 4.69) is 26.2 Å². The number of hydrogen-bond donors (Lipinski definition) is 1. The summed E-state index contributed by atoms with van der Waals surface area (Å²) in [7, 11) is 0. The topological polar surface area (TPSA) is 34.1 Å². The summed E-state index contributed by atoms with van der Waals surface area (Å²) >= 11 is 9.44. The Hall–Kier alpha value is -1.26. The first-order valence-electron chi connectivity index (χ1n) is 5.53. The Bertz CT molecular complexity index is 548. The number of anilines is 1. The molecule has 3 nitrogen and oxygen atoms in total. The summed E-state index contributed by atoms with van der Waals surface area (Å²) in [4.78, 5) is 4.32. The zero-order valence-corrected chi connectivity index (χ0v) is 12.1. The van der Waals surface area contributed by atoms with Crippen LogP contribution >= 0.6 is 27.5 Å². The molecule has 5 heteroatoms. The Kier molecular flexibility index (Phi) is 4.44. The van der Waals surface area contributed by atoms with Crippen molar-refractivity contribution in [1.82, 2.24) is 4.98 Å². The SMILES string of the molecule is CCNc1cccc(Oc2cc(Br)ccc2Cl)n1. The Morgan fingerprint density at radius 1 is 1.33 bits per heavy atom. The molecule has 0 saturated heterocycles. The van der Waals surface area contributed by atoms with Crippen molar-refractivity contribution in [2.24, 2.45) is 0 Å². The molecule has 2 rings (SSSR count). The molecule has 1 aromatic carbocycles. The van der Waals surface area contributed by atoms with E-state index in [1.165, 1.54) is 0 Å². The van der Waals surface area contributed by atoms with E-state index in [4.69, 9.17) is 16.3 Å². The minimum atomic E-state index is 0.508. The molecule has 18 heavy (non-hydrogen) atoms. The third-order valence-electron chi connectivity index (χ3n) is 2.19. The molecule has 1 heterocycles. The number of rotatable bonds is 4. The molecule has 0 aliphatic heterocycles. The van der Waals surface area contributed by atoms with Crippen LogP contribution in [0, 0.1) is 0 Å². The van der Waals surface area contributed by atoms with Crippen LogP contribution in [0.3, 0.4) is 0 Å². The van der Waals surface area contributed by atoms with Gasteiger partial charge in [-0.25, -0.2) is 0 Å². The van der Waals surface area contributed by atoms with E-state index in [0.29, 0.717) is 16.7 Å². The van der Waals surface area contributed by atoms with Crippen LogP contribution in [0.15, 0.2) is 40.9 Å². The number of nitrogens with zero attached hydrogens (tertiary/aromatic N) is 1. The van der Waals surface area contributed by atoms with Gasteiger partial charge in [0.1, 0.15) is 11.6 Å². The molecule has 0 saturated carbocycles. The number of aromatic nitrogens is 1.